The van der Waals surface area contributed by atoms with Crippen LogP contribution in [-0.4, -0.2) is 40.3 Å². The first kappa shape index (κ1) is 23.2. The molecule has 9 nitrogen and oxygen atoms in total. The molecule has 5 heterocycles. The molecule has 0 radical (unpaired) electrons. The Morgan fingerprint density at radius 2 is 2.16 bits per heavy atom. The van der Waals surface area contributed by atoms with Crippen LogP contribution in [0.3, 0.4) is 0 Å². The van der Waals surface area contributed by atoms with Gasteiger partial charge in [0, 0.05) is 62.2 Å². The Kier molecular flexibility index (Phi) is 5.63. The number of carbonyl (C=O) groups excluding carboxylic acids is 1. The highest BCUT2D eigenvalue weighted by Crippen LogP contribution is 2.45. The predicted molar refractivity (Wildman–Crippen MR) is 136 cm³/mol. The predicted octanol–water partition coefficient (Wildman–Crippen LogP) is 4.45. The highest BCUT2D eigenvalue weighted by Gasteiger charge is 2.44. The number of aryl methyl sites for hydroxylation is 1. The van der Waals surface area contributed by atoms with E-state index >= 15 is 0 Å². The number of nitriles is 1. The molecule has 9 heteroatoms. The second-order valence-corrected chi connectivity index (χ2v) is 9.39. The summed E-state index contributed by atoms with van der Waals surface area (Å²) in [4.78, 5) is 21.2. The molecule has 0 aliphatic carbocycles. The van der Waals surface area contributed by atoms with Crippen molar-refractivity contribution < 1.29 is 19.0 Å². The first-order valence-corrected chi connectivity index (χ1v) is 12.1. The summed E-state index contributed by atoms with van der Waals surface area (Å²) < 4.78 is 20.5. The van der Waals surface area contributed by atoms with E-state index in [-0.39, 0.29) is 5.91 Å². The third-order valence-corrected chi connectivity index (χ3v) is 6.88. The van der Waals surface area contributed by atoms with Gasteiger partial charge in [0.1, 0.15) is 22.9 Å². The summed E-state index contributed by atoms with van der Waals surface area (Å²) in [5.41, 5.74) is 4.22. The van der Waals surface area contributed by atoms with Gasteiger partial charge in [-0.2, -0.15) is 5.26 Å². The van der Waals surface area contributed by atoms with Crippen molar-refractivity contribution in [2.24, 2.45) is 7.05 Å². The van der Waals surface area contributed by atoms with Crippen molar-refractivity contribution in [2.75, 3.05) is 25.1 Å². The van der Waals surface area contributed by atoms with Gasteiger partial charge in [-0.15, -0.1) is 0 Å². The van der Waals surface area contributed by atoms with Gasteiger partial charge in [0.25, 0.3) is 0 Å². The van der Waals surface area contributed by atoms with Crippen LogP contribution in [0.2, 0.25) is 0 Å². The minimum atomic E-state index is -0.621. The molecular weight excluding hydrogens is 470 g/mol. The largest absolute Gasteiger partial charge is 0.457 e. The number of fused-ring (bicyclic) bond motifs is 3. The van der Waals surface area contributed by atoms with E-state index in [4.69, 9.17) is 19.2 Å². The molecule has 1 fully saturated rings. The van der Waals surface area contributed by atoms with E-state index in [2.05, 4.69) is 16.4 Å². The van der Waals surface area contributed by atoms with Gasteiger partial charge in [0.05, 0.1) is 47.9 Å². The third kappa shape index (κ3) is 4.10. The molecule has 1 N–H and O–H groups in total. The van der Waals surface area contributed by atoms with E-state index in [1.54, 1.807) is 24.4 Å². The van der Waals surface area contributed by atoms with Crippen LogP contribution in [0, 0.1) is 11.3 Å². The maximum absolute atomic E-state index is 11.6. The standard InChI is InChI=1S/C28H25N5O4/c1-17(34)31-26-11-21-22(15-33(2)24(21)14-30-26)23-12-25(37-19-5-3-4-18(10-19)13-29)20-6-8-36-28(27(20)32-23)7-9-35-16-28/h3-5,10-12,14-15H,6-9,16H2,1-2H3,(H,30,31,34). The maximum Gasteiger partial charge on any atom is 0.222 e. The van der Waals surface area contributed by atoms with Crippen LogP contribution in [0.5, 0.6) is 11.5 Å². The molecular formula is C28H25N5O4. The topological polar surface area (TPSA) is 111 Å². The Hall–Kier alpha value is -4.26. The van der Waals surface area contributed by atoms with Crippen LogP contribution in [0.15, 0.2) is 48.8 Å². The Morgan fingerprint density at radius 1 is 1.27 bits per heavy atom. The monoisotopic (exact) mass is 495 g/mol. The van der Waals surface area contributed by atoms with E-state index in [1.807, 2.05) is 36.0 Å². The number of nitrogens with zero attached hydrogens (tertiary/aromatic N) is 4. The summed E-state index contributed by atoms with van der Waals surface area (Å²) in [5, 5.41) is 13.0. The second kappa shape index (κ2) is 9.00. The molecule has 37 heavy (non-hydrogen) atoms. The van der Waals surface area contributed by atoms with Crippen molar-refractivity contribution in [1.82, 2.24) is 14.5 Å². The van der Waals surface area contributed by atoms with Gasteiger partial charge in [0.2, 0.25) is 5.91 Å². The summed E-state index contributed by atoms with van der Waals surface area (Å²) in [6.07, 6.45) is 5.11. The Labute approximate surface area is 213 Å². The molecule has 1 atom stereocenters. The Bertz CT molecular complexity index is 1580. The van der Waals surface area contributed by atoms with Gasteiger partial charge < -0.3 is 24.1 Å². The van der Waals surface area contributed by atoms with Crippen LogP contribution in [0.25, 0.3) is 22.2 Å². The van der Waals surface area contributed by atoms with Crippen molar-refractivity contribution in [1.29, 1.82) is 5.26 Å². The number of hydrogen-bond donors (Lipinski definition) is 1. The van der Waals surface area contributed by atoms with E-state index < -0.39 is 5.60 Å². The lowest BCUT2D eigenvalue weighted by molar-refractivity contribution is -0.114. The van der Waals surface area contributed by atoms with Crippen molar-refractivity contribution in [2.45, 2.75) is 25.4 Å². The van der Waals surface area contributed by atoms with E-state index in [0.717, 1.165) is 27.7 Å². The van der Waals surface area contributed by atoms with E-state index in [0.29, 0.717) is 61.2 Å². The zero-order valence-corrected chi connectivity index (χ0v) is 20.6. The zero-order valence-electron chi connectivity index (χ0n) is 20.6. The molecule has 0 bridgehead atoms. The molecule has 6 rings (SSSR count). The highest BCUT2D eigenvalue weighted by atomic mass is 16.6. The van der Waals surface area contributed by atoms with Crippen LogP contribution < -0.4 is 10.1 Å². The van der Waals surface area contributed by atoms with Gasteiger partial charge in [-0.3, -0.25) is 4.79 Å². The smallest absolute Gasteiger partial charge is 0.222 e. The number of hydrogen-bond acceptors (Lipinski definition) is 7. The van der Waals surface area contributed by atoms with Gasteiger partial charge >= 0.3 is 0 Å². The van der Waals surface area contributed by atoms with Crippen LogP contribution in [-0.2, 0) is 33.3 Å². The third-order valence-electron chi connectivity index (χ3n) is 6.88. The number of ether oxygens (including phenoxy) is 3. The molecule has 1 amide bonds. The highest BCUT2D eigenvalue weighted by molar-refractivity contribution is 5.98. The van der Waals surface area contributed by atoms with E-state index in [9.17, 15) is 10.1 Å². The number of anilines is 1. The fourth-order valence-corrected chi connectivity index (χ4v) is 5.15. The summed E-state index contributed by atoms with van der Waals surface area (Å²) in [5.74, 6) is 1.54. The first-order chi connectivity index (χ1) is 18.0. The van der Waals surface area contributed by atoms with Gasteiger partial charge in [-0.25, -0.2) is 9.97 Å². The molecule has 1 unspecified atom stereocenters. The Morgan fingerprint density at radius 3 is 2.95 bits per heavy atom. The van der Waals surface area contributed by atoms with E-state index in [1.165, 1.54) is 6.92 Å². The zero-order chi connectivity index (χ0) is 25.6. The number of aromatic nitrogens is 3. The number of nitrogens with one attached hydrogen (secondary N) is 1. The number of benzene rings is 1. The summed E-state index contributed by atoms with van der Waals surface area (Å²) >= 11 is 0. The lowest BCUT2D eigenvalue weighted by Crippen LogP contribution is -2.37. The van der Waals surface area contributed by atoms with Crippen molar-refractivity contribution in [3.8, 4) is 28.8 Å². The second-order valence-electron chi connectivity index (χ2n) is 9.39. The maximum atomic E-state index is 11.6. The van der Waals surface area contributed by atoms with Crippen LogP contribution in [0.1, 0.15) is 30.2 Å². The molecule has 0 saturated carbocycles. The average Bonchev–Trinajstić information content (AvgIpc) is 3.49. The Balaban J connectivity index is 1.55. The minimum absolute atomic E-state index is 0.188. The molecule has 1 aromatic carbocycles. The summed E-state index contributed by atoms with van der Waals surface area (Å²) in [6, 6.07) is 13.1. The lowest BCUT2D eigenvalue weighted by Gasteiger charge is -2.34. The molecule has 3 aromatic heterocycles. The van der Waals surface area contributed by atoms with Gasteiger partial charge in [-0.05, 0) is 24.3 Å². The number of rotatable bonds is 4. The normalized spacial score (nSPS) is 18.5. The number of carbonyl (C=O) groups is 1. The molecule has 1 saturated heterocycles. The molecule has 186 valence electrons. The van der Waals surface area contributed by atoms with Gasteiger partial charge in [-0.1, -0.05) is 6.07 Å². The van der Waals surface area contributed by atoms with Crippen molar-refractivity contribution in [3.63, 3.8) is 0 Å². The minimum Gasteiger partial charge on any atom is -0.457 e. The molecule has 2 aliphatic heterocycles. The van der Waals surface area contributed by atoms with Crippen molar-refractivity contribution in [3.05, 3.63) is 65.6 Å². The quantitative estimate of drug-likeness (QED) is 0.445. The number of amides is 1. The SMILES string of the molecule is CC(=O)Nc1cc2c(-c3cc(Oc4cccc(C#N)c4)c4c(n3)C3(CCOC3)OCC4)cn(C)c2cn1. The first-order valence-electron chi connectivity index (χ1n) is 12.1. The van der Waals surface area contributed by atoms with Crippen LogP contribution in [0.4, 0.5) is 5.82 Å². The molecule has 4 aromatic rings. The summed E-state index contributed by atoms with van der Waals surface area (Å²) in [6.45, 7) is 3.04. The summed E-state index contributed by atoms with van der Waals surface area (Å²) in [7, 11) is 1.95. The number of pyridine rings is 2. The lowest BCUT2D eigenvalue weighted by atomic mass is 9.89. The molecule has 2 aliphatic rings. The fraction of sp³-hybridized carbons (Fsp3) is 0.286. The van der Waals surface area contributed by atoms with Crippen molar-refractivity contribution >= 4 is 22.6 Å². The molecule has 1 spiro atoms. The van der Waals surface area contributed by atoms with Gasteiger partial charge in [0.15, 0.2) is 0 Å². The fourth-order valence-electron chi connectivity index (χ4n) is 5.15. The average molecular weight is 496 g/mol. The van der Waals surface area contributed by atoms with Crippen LogP contribution >= 0.6 is 0 Å².